The van der Waals surface area contributed by atoms with E-state index in [0.29, 0.717) is 10.8 Å². The number of benzene rings is 2. The highest BCUT2D eigenvalue weighted by Crippen LogP contribution is 2.74. The van der Waals surface area contributed by atoms with Crippen molar-refractivity contribution in [1.82, 2.24) is 4.98 Å². The number of carbonyl (C=O) groups is 1. The summed E-state index contributed by atoms with van der Waals surface area (Å²) in [4.78, 5) is 14.5. The lowest BCUT2D eigenvalue weighted by Gasteiger charge is -2.71. The molecule has 1 aromatic heterocycles. The summed E-state index contributed by atoms with van der Waals surface area (Å²) in [5.74, 6) is 0.788. The minimum atomic E-state index is -0.0711. The van der Waals surface area contributed by atoms with Crippen LogP contribution in [-0.4, -0.2) is 17.5 Å². The van der Waals surface area contributed by atoms with Crippen LogP contribution in [0.25, 0.3) is 10.9 Å². The fourth-order valence-corrected chi connectivity index (χ4v) is 5.23. The standard InChI is InChI=1S/C23H24N2O2/c1-16(26)25-21-12-24-20-8-7-18(11-19(20)21)27-10-9-22-13-23(14-22,15-22)17-5-3-2-4-6-17/h2-8,11-12,24H,9-10,13-15H2,1H3,(H,25,26). The molecule has 27 heavy (non-hydrogen) atoms. The van der Waals surface area contributed by atoms with Crippen molar-refractivity contribution >= 4 is 22.5 Å². The van der Waals surface area contributed by atoms with Crippen LogP contribution < -0.4 is 10.1 Å². The van der Waals surface area contributed by atoms with E-state index < -0.39 is 0 Å². The molecule has 1 amide bonds. The second kappa shape index (κ2) is 5.88. The summed E-state index contributed by atoms with van der Waals surface area (Å²) in [5, 5.41) is 3.84. The monoisotopic (exact) mass is 360 g/mol. The highest BCUT2D eigenvalue weighted by atomic mass is 16.5. The van der Waals surface area contributed by atoms with E-state index in [4.69, 9.17) is 4.74 Å². The molecular formula is C23H24N2O2. The molecule has 6 rings (SSSR count). The Bertz CT molecular complexity index is 986. The Labute approximate surface area is 158 Å². The number of aromatic nitrogens is 1. The van der Waals surface area contributed by atoms with Crippen LogP contribution in [-0.2, 0) is 10.2 Å². The molecule has 0 atom stereocenters. The van der Waals surface area contributed by atoms with Crippen molar-refractivity contribution in [1.29, 1.82) is 0 Å². The molecule has 1 heterocycles. The minimum absolute atomic E-state index is 0.0711. The van der Waals surface area contributed by atoms with Gasteiger partial charge in [-0.1, -0.05) is 30.3 Å². The van der Waals surface area contributed by atoms with Gasteiger partial charge in [0.2, 0.25) is 5.91 Å². The van der Waals surface area contributed by atoms with Gasteiger partial charge in [0.1, 0.15) is 5.75 Å². The van der Waals surface area contributed by atoms with E-state index in [1.54, 1.807) is 0 Å². The molecule has 3 aliphatic carbocycles. The van der Waals surface area contributed by atoms with Crippen LogP contribution in [0.2, 0.25) is 0 Å². The third-order valence-electron chi connectivity index (χ3n) is 6.39. The molecule has 0 unspecified atom stereocenters. The maximum Gasteiger partial charge on any atom is 0.221 e. The van der Waals surface area contributed by atoms with E-state index in [1.807, 2.05) is 24.4 Å². The quantitative estimate of drug-likeness (QED) is 0.649. The molecule has 0 radical (unpaired) electrons. The number of H-pyrrole nitrogens is 1. The molecule has 3 aliphatic rings. The van der Waals surface area contributed by atoms with Crippen LogP contribution in [0.15, 0.2) is 54.7 Å². The summed E-state index contributed by atoms with van der Waals surface area (Å²) in [5.41, 5.74) is 4.26. The topological polar surface area (TPSA) is 54.1 Å². The Morgan fingerprint density at radius 1 is 1.15 bits per heavy atom. The van der Waals surface area contributed by atoms with Crippen molar-refractivity contribution in [2.45, 2.75) is 38.0 Å². The van der Waals surface area contributed by atoms with Gasteiger partial charge in [-0.2, -0.15) is 0 Å². The maximum absolute atomic E-state index is 11.3. The zero-order valence-electron chi connectivity index (χ0n) is 15.5. The third-order valence-corrected chi connectivity index (χ3v) is 6.39. The summed E-state index contributed by atoms with van der Waals surface area (Å²) in [7, 11) is 0. The van der Waals surface area contributed by atoms with Gasteiger partial charge in [-0.05, 0) is 60.3 Å². The van der Waals surface area contributed by atoms with Crippen molar-refractivity contribution in [2.75, 3.05) is 11.9 Å². The molecule has 3 aromatic rings. The normalized spacial score (nSPS) is 25.5. The number of rotatable bonds is 6. The largest absolute Gasteiger partial charge is 0.494 e. The van der Waals surface area contributed by atoms with Crippen LogP contribution in [0.5, 0.6) is 5.75 Å². The predicted molar refractivity (Wildman–Crippen MR) is 107 cm³/mol. The lowest BCUT2D eigenvalue weighted by molar-refractivity contribution is -0.150. The number of hydrogen-bond acceptors (Lipinski definition) is 2. The van der Waals surface area contributed by atoms with Gasteiger partial charge in [-0.15, -0.1) is 0 Å². The first-order valence-corrected chi connectivity index (χ1v) is 9.65. The number of fused-ring (bicyclic) bond motifs is 1. The number of nitrogens with one attached hydrogen (secondary N) is 2. The average molecular weight is 360 g/mol. The summed E-state index contributed by atoms with van der Waals surface area (Å²) >= 11 is 0. The average Bonchev–Trinajstić information content (AvgIpc) is 2.98. The second-order valence-corrected chi connectivity index (χ2v) is 8.37. The summed E-state index contributed by atoms with van der Waals surface area (Å²) in [6, 6.07) is 16.9. The van der Waals surface area contributed by atoms with E-state index in [0.717, 1.165) is 35.4 Å². The van der Waals surface area contributed by atoms with E-state index >= 15 is 0 Å². The SMILES string of the molecule is CC(=O)Nc1c[nH]c2ccc(OCCC34CC(c5ccccc5)(C3)C4)cc12. The first-order valence-electron chi connectivity index (χ1n) is 9.65. The predicted octanol–water partition coefficient (Wildman–Crippen LogP) is 5.02. The fourth-order valence-electron chi connectivity index (χ4n) is 5.23. The number of ether oxygens (including phenoxy) is 1. The Morgan fingerprint density at radius 2 is 1.93 bits per heavy atom. The first-order chi connectivity index (χ1) is 13.1. The Kier molecular flexibility index (Phi) is 3.58. The number of anilines is 1. The molecule has 2 bridgehead atoms. The highest BCUT2D eigenvalue weighted by Gasteiger charge is 2.67. The van der Waals surface area contributed by atoms with Crippen LogP contribution >= 0.6 is 0 Å². The lowest BCUT2D eigenvalue weighted by Crippen LogP contribution is -2.64. The Morgan fingerprint density at radius 3 is 2.67 bits per heavy atom. The van der Waals surface area contributed by atoms with Gasteiger partial charge in [0.05, 0.1) is 12.3 Å². The zero-order valence-corrected chi connectivity index (χ0v) is 15.5. The highest BCUT2D eigenvalue weighted by molar-refractivity contribution is 6.01. The van der Waals surface area contributed by atoms with E-state index in [1.165, 1.54) is 31.7 Å². The second-order valence-electron chi connectivity index (χ2n) is 8.37. The molecule has 138 valence electrons. The number of amides is 1. The summed E-state index contributed by atoms with van der Waals surface area (Å²) < 4.78 is 6.05. The van der Waals surface area contributed by atoms with Crippen LogP contribution in [0.3, 0.4) is 0 Å². The van der Waals surface area contributed by atoms with Crippen molar-refractivity contribution in [3.05, 3.63) is 60.3 Å². The first kappa shape index (κ1) is 16.4. The molecule has 3 saturated carbocycles. The smallest absolute Gasteiger partial charge is 0.221 e. The Hall–Kier alpha value is -2.75. The van der Waals surface area contributed by atoms with Crippen LogP contribution in [0.1, 0.15) is 38.2 Å². The van der Waals surface area contributed by atoms with E-state index in [2.05, 4.69) is 40.6 Å². The van der Waals surface area contributed by atoms with Gasteiger partial charge >= 0.3 is 0 Å². The molecule has 0 aliphatic heterocycles. The molecule has 0 spiro atoms. The van der Waals surface area contributed by atoms with Crippen LogP contribution in [0, 0.1) is 5.41 Å². The summed E-state index contributed by atoms with van der Waals surface area (Å²) in [6.45, 7) is 2.27. The molecule has 2 N–H and O–H groups in total. The van der Waals surface area contributed by atoms with Crippen LogP contribution in [0.4, 0.5) is 5.69 Å². The van der Waals surface area contributed by atoms with Gasteiger partial charge in [-0.25, -0.2) is 0 Å². The van der Waals surface area contributed by atoms with Gasteiger partial charge in [0.15, 0.2) is 0 Å². The minimum Gasteiger partial charge on any atom is -0.494 e. The molecule has 2 aromatic carbocycles. The molecule has 0 saturated heterocycles. The number of aromatic amines is 1. The van der Waals surface area contributed by atoms with Crippen molar-refractivity contribution in [3.8, 4) is 5.75 Å². The number of carbonyl (C=O) groups excluding carboxylic acids is 1. The van der Waals surface area contributed by atoms with Crippen molar-refractivity contribution in [3.63, 3.8) is 0 Å². The van der Waals surface area contributed by atoms with E-state index in [9.17, 15) is 4.79 Å². The molecule has 4 heteroatoms. The van der Waals surface area contributed by atoms with E-state index in [-0.39, 0.29) is 5.91 Å². The molecule has 3 fully saturated rings. The molecular weight excluding hydrogens is 336 g/mol. The third kappa shape index (κ3) is 2.71. The van der Waals surface area contributed by atoms with Crippen molar-refractivity contribution < 1.29 is 9.53 Å². The lowest BCUT2D eigenvalue weighted by atomic mass is 9.33. The zero-order chi connectivity index (χ0) is 18.5. The Balaban J connectivity index is 1.19. The van der Waals surface area contributed by atoms with Gasteiger partial charge in [0, 0.05) is 24.0 Å². The fraction of sp³-hybridized carbons (Fsp3) is 0.348. The number of hydrogen-bond donors (Lipinski definition) is 2. The van der Waals surface area contributed by atoms with Gasteiger partial charge in [0.25, 0.3) is 0 Å². The van der Waals surface area contributed by atoms with Gasteiger partial charge < -0.3 is 15.0 Å². The van der Waals surface area contributed by atoms with Crippen molar-refractivity contribution in [2.24, 2.45) is 5.41 Å². The molecule has 4 nitrogen and oxygen atoms in total. The maximum atomic E-state index is 11.3. The summed E-state index contributed by atoms with van der Waals surface area (Å²) in [6.07, 6.45) is 6.84. The van der Waals surface area contributed by atoms with Gasteiger partial charge in [-0.3, -0.25) is 4.79 Å².